The first-order valence-corrected chi connectivity index (χ1v) is 3.79. The van der Waals surface area contributed by atoms with Crippen molar-refractivity contribution in [3.05, 3.63) is 0 Å². The molecule has 1 unspecified atom stereocenters. The zero-order valence-electron chi connectivity index (χ0n) is 7.06. The first kappa shape index (κ1) is 10.9. The Morgan fingerprint density at radius 1 is 1.55 bits per heavy atom. The number of aliphatic hydroxyl groups excluding tert-OH is 2. The van der Waals surface area contributed by atoms with Crippen molar-refractivity contribution in [1.29, 1.82) is 0 Å². The highest BCUT2D eigenvalue weighted by Crippen LogP contribution is 1.93. The lowest BCUT2D eigenvalue weighted by Gasteiger charge is -2.23. The molecule has 66 valence electrons. The SMILES string of the molecule is CB(O)N(CCO)CC(C)O. The second-order valence-corrected chi connectivity index (χ2v) is 2.70. The molecule has 3 N–H and O–H groups in total. The third-order valence-electron chi connectivity index (χ3n) is 1.41. The van der Waals surface area contributed by atoms with E-state index in [2.05, 4.69) is 0 Å². The monoisotopic (exact) mass is 161 g/mol. The molecule has 11 heavy (non-hydrogen) atoms. The minimum Gasteiger partial charge on any atom is -0.437 e. The Morgan fingerprint density at radius 3 is 2.36 bits per heavy atom. The molecule has 4 nitrogen and oxygen atoms in total. The van der Waals surface area contributed by atoms with E-state index in [9.17, 15) is 0 Å². The molecule has 0 bridgehead atoms. The van der Waals surface area contributed by atoms with Crippen LogP contribution in [-0.2, 0) is 0 Å². The second-order valence-electron chi connectivity index (χ2n) is 2.70. The minimum atomic E-state index is -0.614. The van der Waals surface area contributed by atoms with Crippen molar-refractivity contribution in [2.45, 2.75) is 19.9 Å². The summed E-state index contributed by atoms with van der Waals surface area (Å²) in [6, 6.07) is 0. The predicted octanol–water partition coefficient (Wildman–Crippen LogP) is -1.23. The van der Waals surface area contributed by atoms with Gasteiger partial charge in [0, 0.05) is 13.1 Å². The normalized spacial score (nSPS) is 13.6. The Kier molecular flexibility index (Phi) is 5.49. The molecular weight excluding hydrogens is 145 g/mol. The molecule has 5 heteroatoms. The van der Waals surface area contributed by atoms with E-state index in [1.54, 1.807) is 18.6 Å². The van der Waals surface area contributed by atoms with Gasteiger partial charge in [0.25, 0.3) is 0 Å². The van der Waals surface area contributed by atoms with Gasteiger partial charge in [0.1, 0.15) is 0 Å². The van der Waals surface area contributed by atoms with Crippen molar-refractivity contribution in [2.75, 3.05) is 19.7 Å². The highest BCUT2D eigenvalue weighted by molar-refractivity contribution is 6.45. The molecule has 0 aliphatic rings. The summed E-state index contributed by atoms with van der Waals surface area (Å²) < 4.78 is 0. The molecule has 0 aliphatic carbocycles. The zero-order chi connectivity index (χ0) is 8.85. The Hall–Kier alpha value is -0.0951. The molecule has 0 saturated heterocycles. The molecule has 0 aromatic rings. The maximum atomic E-state index is 9.10. The number of aliphatic hydroxyl groups is 2. The lowest BCUT2D eigenvalue weighted by atomic mass is 9.84. The molecule has 0 amide bonds. The van der Waals surface area contributed by atoms with Gasteiger partial charge in [0.05, 0.1) is 12.7 Å². The van der Waals surface area contributed by atoms with Gasteiger partial charge < -0.3 is 20.0 Å². The fourth-order valence-electron chi connectivity index (χ4n) is 0.899. The van der Waals surface area contributed by atoms with Gasteiger partial charge in [-0.1, -0.05) is 0 Å². The number of rotatable bonds is 5. The van der Waals surface area contributed by atoms with E-state index in [1.165, 1.54) is 0 Å². The first-order chi connectivity index (χ1) is 5.07. The van der Waals surface area contributed by atoms with Crippen LogP contribution in [0.1, 0.15) is 6.92 Å². The summed E-state index contributed by atoms with van der Waals surface area (Å²) in [5, 5.41) is 26.6. The molecule has 0 heterocycles. The van der Waals surface area contributed by atoms with Crippen LogP contribution in [0.2, 0.25) is 6.82 Å². The smallest absolute Gasteiger partial charge is 0.376 e. The van der Waals surface area contributed by atoms with Gasteiger partial charge in [0.2, 0.25) is 0 Å². The van der Waals surface area contributed by atoms with Gasteiger partial charge in [-0.3, -0.25) is 0 Å². The van der Waals surface area contributed by atoms with E-state index in [4.69, 9.17) is 15.2 Å². The maximum absolute atomic E-state index is 9.10. The molecule has 0 aromatic heterocycles. The zero-order valence-corrected chi connectivity index (χ0v) is 7.06. The Labute approximate surface area is 67.6 Å². The third-order valence-corrected chi connectivity index (χ3v) is 1.41. The number of hydrogen-bond acceptors (Lipinski definition) is 4. The van der Waals surface area contributed by atoms with Crippen molar-refractivity contribution in [3.8, 4) is 0 Å². The average molecular weight is 161 g/mol. The number of nitrogens with zero attached hydrogens (tertiary/aromatic N) is 1. The summed E-state index contributed by atoms with van der Waals surface area (Å²) in [6.07, 6.45) is -0.476. The lowest BCUT2D eigenvalue weighted by Crippen LogP contribution is -2.43. The molecular formula is C6H16BNO3. The van der Waals surface area contributed by atoms with E-state index >= 15 is 0 Å². The topological polar surface area (TPSA) is 63.9 Å². The summed E-state index contributed by atoms with van der Waals surface area (Å²) in [4.78, 5) is 1.60. The summed E-state index contributed by atoms with van der Waals surface area (Å²) in [5.41, 5.74) is 0. The molecule has 0 aliphatic heterocycles. The van der Waals surface area contributed by atoms with Crippen LogP contribution in [-0.4, -0.2) is 52.9 Å². The Balaban J connectivity index is 3.69. The van der Waals surface area contributed by atoms with E-state index < -0.39 is 13.2 Å². The molecule has 0 saturated carbocycles. The van der Waals surface area contributed by atoms with Crippen LogP contribution in [0, 0.1) is 0 Å². The molecule has 0 fully saturated rings. The predicted molar refractivity (Wildman–Crippen MR) is 44.2 cm³/mol. The van der Waals surface area contributed by atoms with Gasteiger partial charge in [-0.05, 0) is 13.7 Å². The van der Waals surface area contributed by atoms with Gasteiger partial charge >= 0.3 is 7.05 Å². The van der Waals surface area contributed by atoms with E-state index in [0.717, 1.165) is 0 Å². The van der Waals surface area contributed by atoms with Crippen LogP contribution in [0.4, 0.5) is 0 Å². The fraction of sp³-hybridized carbons (Fsp3) is 1.00. The fourth-order valence-corrected chi connectivity index (χ4v) is 0.899. The minimum absolute atomic E-state index is 0.00236. The molecule has 0 aromatic carbocycles. The third kappa shape index (κ3) is 5.20. The van der Waals surface area contributed by atoms with Gasteiger partial charge in [-0.15, -0.1) is 0 Å². The first-order valence-electron chi connectivity index (χ1n) is 3.79. The van der Waals surface area contributed by atoms with Gasteiger partial charge in [-0.2, -0.15) is 0 Å². The second kappa shape index (κ2) is 5.54. The van der Waals surface area contributed by atoms with Crippen LogP contribution in [0.15, 0.2) is 0 Å². The molecule has 0 spiro atoms. The van der Waals surface area contributed by atoms with Gasteiger partial charge in [-0.25, -0.2) is 0 Å². The van der Waals surface area contributed by atoms with E-state index in [1.807, 2.05) is 0 Å². The van der Waals surface area contributed by atoms with Crippen molar-refractivity contribution in [1.82, 2.24) is 4.81 Å². The van der Waals surface area contributed by atoms with Crippen LogP contribution in [0.3, 0.4) is 0 Å². The number of hydrogen-bond donors (Lipinski definition) is 3. The standard InChI is InChI=1S/C6H16BNO3/c1-6(10)5-8(3-4-9)7(2)11/h6,9-11H,3-5H2,1-2H3. The van der Waals surface area contributed by atoms with Crippen molar-refractivity contribution in [3.63, 3.8) is 0 Å². The summed E-state index contributed by atoms with van der Waals surface area (Å²) >= 11 is 0. The quantitative estimate of drug-likeness (QED) is 0.442. The van der Waals surface area contributed by atoms with E-state index in [-0.39, 0.29) is 6.61 Å². The average Bonchev–Trinajstić information content (AvgIpc) is 1.86. The van der Waals surface area contributed by atoms with Crippen LogP contribution in [0.5, 0.6) is 0 Å². The van der Waals surface area contributed by atoms with E-state index in [0.29, 0.717) is 13.1 Å². The van der Waals surface area contributed by atoms with Gasteiger partial charge in [0.15, 0.2) is 0 Å². The highest BCUT2D eigenvalue weighted by atomic mass is 16.3. The summed E-state index contributed by atoms with van der Waals surface area (Å²) in [7, 11) is -0.614. The highest BCUT2D eigenvalue weighted by Gasteiger charge is 2.16. The maximum Gasteiger partial charge on any atom is 0.376 e. The Morgan fingerprint density at radius 2 is 2.09 bits per heavy atom. The molecule has 0 rings (SSSR count). The Bertz CT molecular complexity index is 99.8. The largest absolute Gasteiger partial charge is 0.437 e. The lowest BCUT2D eigenvalue weighted by molar-refractivity contribution is 0.144. The van der Waals surface area contributed by atoms with Crippen molar-refractivity contribution >= 4 is 7.05 Å². The molecule has 0 radical (unpaired) electrons. The van der Waals surface area contributed by atoms with Crippen LogP contribution in [0.25, 0.3) is 0 Å². The van der Waals surface area contributed by atoms with Crippen LogP contribution < -0.4 is 0 Å². The summed E-state index contributed by atoms with van der Waals surface area (Å²) in [6.45, 7) is 4.03. The van der Waals surface area contributed by atoms with Crippen molar-refractivity contribution in [2.24, 2.45) is 0 Å². The van der Waals surface area contributed by atoms with Crippen molar-refractivity contribution < 1.29 is 15.2 Å². The molecule has 1 atom stereocenters. The van der Waals surface area contributed by atoms with Crippen LogP contribution >= 0.6 is 0 Å². The summed E-state index contributed by atoms with van der Waals surface area (Å²) in [5.74, 6) is 0.